The Balaban J connectivity index is 1.19. The zero-order valence-electron chi connectivity index (χ0n) is 16.9. The molecule has 2 aliphatic heterocycles. The Morgan fingerprint density at radius 1 is 0.933 bits per heavy atom. The minimum absolute atomic E-state index is 0.0771. The third-order valence-corrected chi connectivity index (χ3v) is 6.22. The van der Waals surface area contributed by atoms with Crippen molar-refractivity contribution in [3.63, 3.8) is 0 Å². The summed E-state index contributed by atoms with van der Waals surface area (Å²) in [6.45, 7) is 5.34. The SMILES string of the molecule is O=C1c2cccc3cccc(c23)C(O)N1CCCN1CCN(c2ccccn2)CC1. The highest BCUT2D eigenvalue weighted by Crippen LogP contribution is 2.35. The van der Waals surface area contributed by atoms with E-state index in [0.717, 1.165) is 61.3 Å². The van der Waals surface area contributed by atoms with Gasteiger partial charge in [-0.15, -0.1) is 0 Å². The Kier molecular flexibility index (Phi) is 5.11. The van der Waals surface area contributed by atoms with Gasteiger partial charge in [0.15, 0.2) is 6.23 Å². The molecule has 0 radical (unpaired) electrons. The molecule has 1 atom stereocenters. The molecule has 1 saturated heterocycles. The van der Waals surface area contributed by atoms with Crippen molar-refractivity contribution < 1.29 is 9.90 Å². The highest BCUT2D eigenvalue weighted by atomic mass is 16.3. The second-order valence-electron chi connectivity index (χ2n) is 7.99. The predicted molar refractivity (Wildman–Crippen MR) is 117 cm³/mol. The molecular weight excluding hydrogens is 376 g/mol. The molecule has 0 saturated carbocycles. The number of hydrogen-bond acceptors (Lipinski definition) is 5. The number of aromatic nitrogens is 1. The van der Waals surface area contributed by atoms with Gasteiger partial charge in [-0.1, -0.05) is 36.4 Å². The van der Waals surface area contributed by atoms with Crippen LogP contribution in [0.2, 0.25) is 0 Å². The summed E-state index contributed by atoms with van der Waals surface area (Å²) < 4.78 is 0. The van der Waals surface area contributed by atoms with E-state index in [1.165, 1.54) is 0 Å². The van der Waals surface area contributed by atoms with Gasteiger partial charge in [-0.3, -0.25) is 9.69 Å². The monoisotopic (exact) mass is 402 g/mol. The molecule has 0 aliphatic carbocycles. The van der Waals surface area contributed by atoms with Crippen molar-refractivity contribution in [2.45, 2.75) is 12.6 Å². The number of carbonyl (C=O) groups is 1. The van der Waals surface area contributed by atoms with E-state index in [9.17, 15) is 9.90 Å². The van der Waals surface area contributed by atoms with Crippen molar-refractivity contribution in [2.75, 3.05) is 44.2 Å². The van der Waals surface area contributed by atoms with Gasteiger partial charge in [0.1, 0.15) is 5.82 Å². The molecule has 5 rings (SSSR count). The minimum atomic E-state index is -0.878. The van der Waals surface area contributed by atoms with Gasteiger partial charge >= 0.3 is 0 Å². The Morgan fingerprint density at radius 3 is 2.50 bits per heavy atom. The van der Waals surface area contributed by atoms with Crippen LogP contribution < -0.4 is 4.90 Å². The van der Waals surface area contributed by atoms with Gasteiger partial charge in [0.05, 0.1) is 0 Å². The summed E-state index contributed by atoms with van der Waals surface area (Å²) in [5, 5.41) is 12.8. The van der Waals surface area contributed by atoms with Crippen LogP contribution in [0.25, 0.3) is 10.8 Å². The Bertz CT molecular complexity index is 1040. The summed E-state index contributed by atoms with van der Waals surface area (Å²) >= 11 is 0. The van der Waals surface area contributed by atoms with Crippen LogP contribution in [0.4, 0.5) is 5.82 Å². The first-order valence-electron chi connectivity index (χ1n) is 10.6. The van der Waals surface area contributed by atoms with Crippen LogP contribution in [0.15, 0.2) is 60.8 Å². The first-order valence-corrected chi connectivity index (χ1v) is 10.6. The summed E-state index contributed by atoms with van der Waals surface area (Å²) in [4.78, 5) is 23.8. The highest BCUT2D eigenvalue weighted by molar-refractivity contribution is 6.10. The predicted octanol–water partition coefficient (Wildman–Crippen LogP) is 2.89. The number of benzene rings is 2. The molecule has 2 aromatic carbocycles. The number of rotatable bonds is 5. The van der Waals surface area contributed by atoms with Crippen LogP contribution in [0.5, 0.6) is 0 Å². The van der Waals surface area contributed by atoms with Crippen molar-refractivity contribution in [3.05, 3.63) is 71.9 Å². The van der Waals surface area contributed by atoms with E-state index in [1.54, 1.807) is 4.90 Å². The molecule has 30 heavy (non-hydrogen) atoms. The fraction of sp³-hybridized carbons (Fsp3) is 0.333. The van der Waals surface area contributed by atoms with Gasteiger partial charge in [-0.2, -0.15) is 0 Å². The van der Waals surface area contributed by atoms with Crippen LogP contribution in [0.1, 0.15) is 28.6 Å². The second kappa shape index (κ2) is 8.05. The summed E-state index contributed by atoms with van der Waals surface area (Å²) in [6.07, 6.45) is 1.79. The van der Waals surface area contributed by atoms with Crippen molar-refractivity contribution in [2.24, 2.45) is 0 Å². The first-order chi connectivity index (χ1) is 14.7. The van der Waals surface area contributed by atoms with E-state index in [-0.39, 0.29) is 5.91 Å². The van der Waals surface area contributed by atoms with E-state index < -0.39 is 6.23 Å². The lowest BCUT2D eigenvalue weighted by molar-refractivity contribution is 0.00337. The van der Waals surface area contributed by atoms with E-state index in [0.29, 0.717) is 12.1 Å². The number of carbonyl (C=O) groups excluding carboxylic acids is 1. The van der Waals surface area contributed by atoms with E-state index in [4.69, 9.17) is 0 Å². The number of aliphatic hydroxyl groups excluding tert-OH is 1. The highest BCUT2D eigenvalue weighted by Gasteiger charge is 2.32. The van der Waals surface area contributed by atoms with E-state index in [1.807, 2.05) is 54.7 Å². The average molecular weight is 402 g/mol. The lowest BCUT2D eigenvalue weighted by atomic mass is 9.93. The number of pyridine rings is 1. The molecule has 1 amide bonds. The van der Waals surface area contributed by atoms with Gasteiger partial charge in [-0.25, -0.2) is 4.98 Å². The third kappa shape index (κ3) is 3.42. The molecule has 2 aliphatic rings. The van der Waals surface area contributed by atoms with Gasteiger partial charge in [-0.05, 0) is 36.6 Å². The second-order valence-corrected chi connectivity index (χ2v) is 7.99. The average Bonchev–Trinajstić information content (AvgIpc) is 2.80. The van der Waals surface area contributed by atoms with Crippen molar-refractivity contribution in [1.29, 1.82) is 0 Å². The van der Waals surface area contributed by atoms with E-state index >= 15 is 0 Å². The maximum absolute atomic E-state index is 13.0. The van der Waals surface area contributed by atoms with E-state index in [2.05, 4.69) is 20.9 Å². The number of amides is 1. The van der Waals surface area contributed by atoms with Crippen LogP contribution in [0.3, 0.4) is 0 Å². The summed E-state index contributed by atoms with van der Waals surface area (Å²) in [5.41, 5.74) is 1.52. The van der Waals surface area contributed by atoms with Crippen LogP contribution in [0, 0.1) is 0 Å². The number of anilines is 1. The zero-order valence-corrected chi connectivity index (χ0v) is 16.9. The summed E-state index contributed by atoms with van der Waals surface area (Å²) in [5.74, 6) is 0.957. The fourth-order valence-electron chi connectivity index (χ4n) is 4.63. The van der Waals surface area contributed by atoms with Crippen molar-refractivity contribution in [3.8, 4) is 0 Å². The Hall–Kier alpha value is -2.96. The van der Waals surface area contributed by atoms with Crippen molar-refractivity contribution >= 4 is 22.5 Å². The number of aliphatic hydroxyl groups is 1. The molecule has 1 unspecified atom stereocenters. The largest absolute Gasteiger partial charge is 0.369 e. The molecule has 6 heteroatoms. The molecule has 1 aromatic heterocycles. The first kappa shape index (κ1) is 19.0. The van der Waals surface area contributed by atoms with Gasteiger partial charge < -0.3 is 14.9 Å². The molecule has 1 fully saturated rings. The normalized spacial score (nSPS) is 19.5. The fourth-order valence-corrected chi connectivity index (χ4v) is 4.63. The molecule has 0 bridgehead atoms. The number of piperazine rings is 1. The number of hydrogen-bond donors (Lipinski definition) is 1. The van der Waals surface area contributed by atoms with Gasteiger partial charge in [0, 0.05) is 55.4 Å². The van der Waals surface area contributed by atoms with Crippen molar-refractivity contribution in [1.82, 2.24) is 14.8 Å². The molecule has 6 nitrogen and oxygen atoms in total. The lowest BCUT2D eigenvalue weighted by Crippen LogP contribution is -2.47. The van der Waals surface area contributed by atoms with Crippen LogP contribution in [-0.4, -0.2) is 65.1 Å². The maximum atomic E-state index is 13.0. The minimum Gasteiger partial charge on any atom is -0.369 e. The molecule has 3 aromatic rings. The van der Waals surface area contributed by atoms with Gasteiger partial charge in [0.2, 0.25) is 0 Å². The quantitative estimate of drug-likeness (QED) is 0.711. The maximum Gasteiger partial charge on any atom is 0.256 e. The van der Waals surface area contributed by atoms with Gasteiger partial charge in [0.25, 0.3) is 5.91 Å². The lowest BCUT2D eigenvalue weighted by Gasteiger charge is -2.37. The van der Waals surface area contributed by atoms with Crippen LogP contribution in [-0.2, 0) is 0 Å². The summed E-state index contributed by atoms with van der Waals surface area (Å²) in [6, 6.07) is 17.6. The molecule has 154 valence electrons. The molecular formula is C24H26N4O2. The summed E-state index contributed by atoms with van der Waals surface area (Å²) in [7, 11) is 0. The Morgan fingerprint density at radius 2 is 1.73 bits per heavy atom. The molecule has 0 spiro atoms. The molecule has 3 heterocycles. The smallest absolute Gasteiger partial charge is 0.256 e. The topological polar surface area (TPSA) is 59.9 Å². The standard InChI is InChI=1S/C24H26N4O2/c29-23-19-8-3-6-18-7-4-9-20(22(18)19)24(30)28(23)13-5-12-26-14-16-27(17-15-26)21-10-1-2-11-25-21/h1-4,6-11,23,29H,5,12-17H2. The number of nitrogens with zero attached hydrogens (tertiary/aromatic N) is 4. The third-order valence-electron chi connectivity index (χ3n) is 6.22. The molecule has 1 N–H and O–H groups in total. The van der Waals surface area contributed by atoms with Crippen LogP contribution >= 0.6 is 0 Å². The zero-order chi connectivity index (χ0) is 20.5. The Labute approximate surface area is 176 Å².